The van der Waals surface area contributed by atoms with Crippen molar-refractivity contribution in [3.05, 3.63) is 66.0 Å². The van der Waals surface area contributed by atoms with E-state index in [1.54, 1.807) is 11.1 Å². The molecule has 1 aromatic carbocycles. The highest BCUT2D eigenvalue weighted by atomic mass is 16.6. The van der Waals surface area contributed by atoms with Gasteiger partial charge in [0.1, 0.15) is 11.6 Å². The number of carbonyl (C=O) groups excluding carboxylic acids is 2. The van der Waals surface area contributed by atoms with E-state index in [4.69, 9.17) is 4.74 Å². The quantitative estimate of drug-likeness (QED) is 0.837. The third-order valence-corrected chi connectivity index (χ3v) is 4.91. The second-order valence-electron chi connectivity index (χ2n) is 8.29. The van der Waals surface area contributed by atoms with Crippen LogP contribution in [0.2, 0.25) is 0 Å². The number of benzene rings is 1. The van der Waals surface area contributed by atoms with E-state index in [1.165, 1.54) is 0 Å². The minimum atomic E-state index is -0.585. The SMILES string of the molecule is CC(C)(C)OC(=O)N1CCCC1C(=O)NC[C@@H](c1ccccc1)c1ccccn1. The van der Waals surface area contributed by atoms with Crippen LogP contribution in [-0.4, -0.2) is 46.6 Å². The number of rotatable bonds is 5. The fourth-order valence-electron chi connectivity index (χ4n) is 3.56. The van der Waals surface area contributed by atoms with Crippen molar-refractivity contribution in [2.45, 2.75) is 51.2 Å². The van der Waals surface area contributed by atoms with Crippen LogP contribution < -0.4 is 5.32 Å². The summed E-state index contributed by atoms with van der Waals surface area (Å²) in [5, 5.41) is 3.04. The average molecular weight is 396 g/mol. The Morgan fingerprint density at radius 3 is 2.55 bits per heavy atom. The number of ether oxygens (including phenoxy) is 1. The van der Waals surface area contributed by atoms with Crippen LogP contribution in [0.3, 0.4) is 0 Å². The molecular weight excluding hydrogens is 366 g/mol. The van der Waals surface area contributed by atoms with Crippen molar-refractivity contribution in [2.75, 3.05) is 13.1 Å². The van der Waals surface area contributed by atoms with Crippen LogP contribution >= 0.6 is 0 Å². The van der Waals surface area contributed by atoms with E-state index in [0.717, 1.165) is 17.7 Å². The molecule has 2 atom stereocenters. The highest BCUT2D eigenvalue weighted by molar-refractivity contribution is 5.86. The van der Waals surface area contributed by atoms with Crippen LogP contribution in [0.5, 0.6) is 0 Å². The van der Waals surface area contributed by atoms with Gasteiger partial charge in [0.05, 0.1) is 0 Å². The molecular formula is C23H29N3O3. The lowest BCUT2D eigenvalue weighted by Gasteiger charge is -2.28. The lowest BCUT2D eigenvalue weighted by molar-refractivity contribution is -0.125. The van der Waals surface area contributed by atoms with Gasteiger partial charge < -0.3 is 10.1 Å². The summed E-state index contributed by atoms with van der Waals surface area (Å²) < 4.78 is 5.46. The molecule has 2 heterocycles. The zero-order valence-corrected chi connectivity index (χ0v) is 17.3. The molecule has 1 fully saturated rings. The van der Waals surface area contributed by atoms with Gasteiger partial charge in [-0.3, -0.25) is 14.7 Å². The molecule has 0 bridgehead atoms. The molecule has 6 heteroatoms. The summed E-state index contributed by atoms with van der Waals surface area (Å²) in [4.78, 5) is 31.4. The van der Waals surface area contributed by atoms with Gasteiger partial charge in [0.15, 0.2) is 0 Å². The second kappa shape index (κ2) is 9.07. The first-order chi connectivity index (χ1) is 13.8. The molecule has 1 aliphatic rings. The number of likely N-dealkylation sites (tertiary alicyclic amines) is 1. The zero-order valence-electron chi connectivity index (χ0n) is 17.3. The number of nitrogens with zero attached hydrogens (tertiary/aromatic N) is 2. The van der Waals surface area contributed by atoms with Gasteiger partial charge in [0.2, 0.25) is 5.91 Å². The molecule has 6 nitrogen and oxygen atoms in total. The third-order valence-electron chi connectivity index (χ3n) is 4.91. The summed E-state index contributed by atoms with van der Waals surface area (Å²) in [7, 11) is 0. The lowest BCUT2D eigenvalue weighted by Crippen LogP contribution is -2.48. The topological polar surface area (TPSA) is 71.5 Å². The van der Waals surface area contributed by atoms with Crippen LogP contribution in [0, 0.1) is 0 Å². The fraction of sp³-hybridized carbons (Fsp3) is 0.435. The lowest BCUT2D eigenvalue weighted by atomic mass is 9.95. The molecule has 3 rings (SSSR count). The van der Waals surface area contributed by atoms with Crippen molar-refractivity contribution in [3.63, 3.8) is 0 Å². The van der Waals surface area contributed by atoms with Crippen LogP contribution in [0.4, 0.5) is 4.79 Å². The van der Waals surface area contributed by atoms with Gasteiger partial charge in [-0.2, -0.15) is 0 Å². The molecule has 0 aliphatic carbocycles. The summed E-state index contributed by atoms with van der Waals surface area (Å²) in [6.45, 7) is 6.43. The summed E-state index contributed by atoms with van der Waals surface area (Å²) in [5.41, 5.74) is 1.40. The van der Waals surface area contributed by atoms with Crippen LogP contribution in [0.15, 0.2) is 54.7 Å². The normalized spacial score (nSPS) is 17.6. The van der Waals surface area contributed by atoms with E-state index in [0.29, 0.717) is 19.5 Å². The number of carbonyl (C=O) groups is 2. The predicted molar refractivity (Wildman–Crippen MR) is 111 cm³/mol. The highest BCUT2D eigenvalue weighted by Crippen LogP contribution is 2.24. The number of aromatic nitrogens is 1. The molecule has 0 radical (unpaired) electrons. The van der Waals surface area contributed by atoms with Gasteiger partial charge >= 0.3 is 6.09 Å². The van der Waals surface area contributed by atoms with E-state index < -0.39 is 17.7 Å². The number of nitrogens with one attached hydrogen (secondary N) is 1. The Morgan fingerprint density at radius 2 is 1.90 bits per heavy atom. The maximum Gasteiger partial charge on any atom is 0.410 e. The highest BCUT2D eigenvalue weighted by Gasteiger charge is 2.36. The van der Waals surface area contributed by atoms with Crippen LogP contribution in [0.1, 0.15) is 50.8 Å². The molecule has 154 valence electrons. The Kier molecular flexibility index (Phi) is 6.52. The maximum atomic E-state index is 12.9. The molecule has 2 amide bonds. The number of hydrogen-bond donors (Lipinski definition) is 1. The standard InChI is InChI=1S/C23H29N3O3/c1-23(2,3)29-22(28)26-15-9-13-20(26)21(27)25-16-18(17-10-5-4-6-11-17)19-12-7-8-14-24-19/h4-8,10-12,14,18,20H,9,13,15-16H2,1-3H3,(H,25,27)/t18-,20?/m0/s1. The molecule has 1 aliphatic heterocycles. The van der Waals surface area contributed by atoms with Gasteiger partial charge in [-0.25, -0.2) is 4.79 Å². The molecule has 29 heavy (non-hydrogen) atoms. The van der Waals surface area contributed by atoms with Gasteiger partial charge in [-0.15, -0.1) is 0 Å². The molecule has 2 aromatic rings. The summed E-state index contributed by atoms with van der Waals surface area (Å²) >= 11 is 0. The summed E-state index contributed by atoms with van der Waals surface area (Å²) in [6, 6.07) is 15.3. The van der Waals surface area contributed by atoms with E-state index in [-0.39, 0.29) is 11.8 Å². The molecule has 0 spiro atoms. The Bertz CT molecular complexity index is 779. The number of hydrogen-bond acceptors (Lipinski definition) is 4. The number of pyridine rings is 1. The molecule has 1 unspecified atom stereocenters. The minimum Gasteiger partial charge on any atom is -0.444 e. The predicted octanol–water partition coefficient (Wildman–Crippen LogP) is 3.73. The number of amides is 2. The van der Waals surface area contributed by atoms with Gasteiger partial charge in [0.25, 0.3) is 0 Å². The maximum absolute atomic E-state index is 12.9. The minimum absolute atomic E-state index is 0.0577. The van der Waals surface area contributed by atoms with Crippen molar-refractivity contribution < 1.29 is 14.3 Å². The Balaban J connectivity index is 1.69. The zero-order chi connectivity index (χ0) is 20.9. The van der Waals surface area contributed by atoms with Crippen molar-refractivity contribution in [3.8, 4) is 0 Å². The van der Waals surface area contributed by atoms with Crippen LogP contribution in [-0.2, 0) is 9.53 Å². The third kappa shape index (κ3) is 5.56. The Hall–Kier alpha value is -2.89. The first-order valence-corrected chi connectivity index (χ1v) is 10.1. The van der Waals surface area contributed by atoms with Gasteiger partial charge in [-0.1, -0.05) is 36.4 Å². The van der Waals surface area contributed by atoms with Crippen molar-refractivity contribution in [1.29, 1.82) is 0 Å². The fourth-order valence-corrected chi connectivity index (χ4v) is 3.56. The van der Waals surface area contributed by atoms with E-state index in [9.17, 15) is 9.59 Å². The monoisotopic (exact) mass is 395 g/mol. The van der Waals surface area contributed by atoms with E-state index in [2.05, 4.69) is 10.3 Å². The first-order valence-electron chi connectivity index (χ1n) is 10.1. The van der Waals surface area contributed by atoms with Crippen molar-refractivity contribution in [2.24, 2.45) is 0 Å². The smallest absolute Gasteiger partial charge is 0.410 e. The van der Waals surface area contributed by atoms with E-state index >= 15 is 0 Å². The van der Waals surface area contributed by atoms with Gasteiger partial charge in [0, 0.05) is 30.9 Å². The van der Waals surface area contributed by atoms with Crippen LogP contribution in [0.25, 0.3) is 0 Å². The van der Waals surface area contributed by atoms with Gasteiger partial charge in [-0.05, 0) is 51.3 Å². The second-order valence-corrected chi connectivity index (χ2v) is 8.29. The van der Waals surface area contributed by atoms with Crippen molar-refractivity contribution in [1.82, 2.24) is 15.2 Å². The van der Waals surface area contributed by atoms with Crippen molar-refractivity contribution >= 4 is 12.0 Å². The average Bonchev–Trinajstić information content (AvgIpc) is 3.19. The summed E-state index contributed by atoms with van der Waals surface area (Å²) in [6.07, 6.45) is 2.76. The Morgan fingerprint density at radius 1 is 1.17 bits per heavy atom. The molecule has 1 N–H and O–H groups in total. The molecule has 0 saturated carbocycles. The Labute approximate surface area is 172 Å². The largest absolute Gasteiger partial charge is 0.444 e. The molecule has 1 aromatic heterocycles. The molecule has 1 saturated heterocycles. The van der Waals surface area contributed by atoms with E-state index in [1.807, 2.05) is 69.3 Å². The first kappa shape index (κ1) is 20.8. The summed E-state index contributed by atoms with van der Waals surface area (Å²) in [5.74, 6) is -0.206.